The summed E-state index contributed by atoms with van der Waals surface area (Å²) < 4.78 is 11.7. The van der Waals surface area contributed by atoms with E-state index in [4.69, 9.17) is 21.1 Å². The number of rotatable bonds is 0. The summed E-state index contributed by atoms with van der Waals surface area (Å²) >= 11 is 6.10. The molecule has 3 heteroatoms. The molecule has 1 atom stereocenters. The summed E-state index contributed by atoms with van der Waals surface area (Å²) in [6.07, 6.45) is 0. The molecule has 1 fully saturated rings. The van der Waals surface area contributed by atoms with Crippen LogP contribution in [-0.4, -0.2) is 6.61 Å². The number of epoxide rings is 1. The van der Waals surface area contributed by atoms with Crippen molar-refractivity contribution in [3.8, 4) is 5.75 Å². The standard InChI is InChI=1S/C15H11ClO2/c16-11-5-6-14-13(7-11)15(9-18-15)12-4-2-1-3-10(12)8-17-14/h1-7H,8-9H2. The first-order valence-electron chi connectivity index (χ1n) is 5.95. The summed E-state index contributed by atoms with van der Waals surface area (Å²) in [5.74, 6) is 0.869. The summed E-state index contributed by atoms with van der Waals surface area (Å²) in [6.45, 7) is 1.27. The summed E-state index contributed by atoms with van der Waals surface area (Å²) in [7, 11) is 0. The van der Waals surface area contributed by atoms with E-state index in [1.165, 1.54) is 11.1 Å². The van der Waals surface area contributed by atoms with Gasteiger partial charge < -0.3 is 9.47 Å². The van der Waals surface area contributed by atoms with Gasteiger partial charge in [-0.25, -0.2) is 0 Å². The SMILES string of the molecule is Clc1ccc2c(c1)C1(CO1)c1ccccc1CO2. The molecule has 90 valence electrons. The Hall–Kier alpha value is -1.51. The first kappa shape index (κ1) is 10.4. The number of benzene rings is 2. The Balaban J connectivity index is 2.00. The second-order valence-corrected chi connectivity index (χ2v) is 5.14. The first-order valence-corrected chi connectivity index (χ1v) is 6.33. The molecule has 4 rings (SSSR count). The van der Waals surface area contributed by atoms with Crippen molar-refractivity contribution < 1.29 is 9.47 Å². The van der Waals surface area contributed by atoms with E-state index in [2.05, 4.69) is 12.1 Å². The van der Waals surface area contributed by atoms with Gasteiger partial charge in [-0.05, 0) is 29.3 Å². The van der Waals surface area contributed by atoms with Crippen LogP contribution in [0, 0.1) is 0 Å². The van der Waals surface area contributed by atoms with Crippen molar-refractivity contribution in [2.75, 3.05) is 6.61 Å². The van der Waals surface area contributed by atoms with Gasteiger partial charge in [-0.3, -0.25) is 0 Å². The molecule has 2 aromatic carbocycles. The van der Waals surface area contributed by atoms with Gasteiger partial charge in [-0.2, -0.15) is 0 Å². The van der Waals surface area contributed by atoms with Crippen LogP contribution in [0.3, 0.4) is 0 Å². The van der Waals surface area contributed by atoms with E-state index in [9.17, 15) is 0 Å². The molecule has 1 spiro atoms. The van der Waals surface area contributed by atoms with Crippen molar-refractivity contribution in [3.63, 3.8) is 0 Å². The summed E-state index contributed by atoms with van der Waals surface area (Å²) in [6, 6.07) is 14.0. The fourth-order valence-electron chi connectivity index (χ4n) is 2.67. The Morgan fingerprint density at radius 3 is 2.72 bits per heavy atom. The third kappa shape index (κ3) is 1.33. The lowest BCUT2D eigenvalue weighted by Crippen LogP contribution is -2.11. The number of hydrogen-bond acceptors (Lipinski definition) is 2. The van der Waals surface area contributed by atoms with Crippen molar-refractivity contribution in [1.29, 1.82) is 0 Å². The van der Waals surface area contributed by atoms with Gasteiger partial charge in [0, 0.05) is 10.6 Å². The van der Waals surface area contributed by atoms with E-state index in [1.807, 2.05) is 30.3 Å². The van der Waals surface area contributed by atoms with Crippen LogP contribution in [0.15, 0.2) is 42.5 Å². The van der Waals surface area contributed by atoms with Crippen LogP contribution >= 0.6 is 11.6 Å². The Morgan fingerprint density at radius 1 is 1.06 bits per heavy atom. The molecule has 0 aliphatic carbocycles. The van der Waals surface area contributed by atoms with E-state index in [1.54, 1.807) is 0 Å². The predicted molar refractivity (Wildman–Crippen MR) is 69.0 cm³/mol. The maximum Gasteiger partial charge on any atom is 0.146 e. The monoisotopic (exact) mass is 258 g/mol. The Morgan fingerprint density at radius 2 is 1.89 bits per heavy atom. The van der Waals surface area contributed by atoms with Crippen LogP contribution in [0.4, 0.5) is 0 Å². The van der Waals surface area contributed by atoms with Gasteiger partial charge in [0.05, 0.1) is 6.61 Å². The first-order chi connectivity index (χ1) is 8.79. The Kier molecular flexibility index (Phi) is 2.02. The van der Waals surface area contributed by atoms with Crippen LogP contribution in [0.5, 0.6) is 5.75 Å². The zero-order chi connectivity index (χ0) is 12.2. The summed E-state index contributed by atoms with van der Waals surface area (Å²) in [5.41, 5.74) is 3.08. The van der Waals surface area contributed by atoms with Gasteiger partial charge in [0.1, 0.15) is 18.0 Å². The highest BCUT2D eigenvalue weighted by Crippen LogP contribution is 2.51. The molecule has 0 aromatic heterocycles. The maximum absolute atomic E-state index is 6.10. The van der Waals surface area contributed by atoms with E-state index < -0.39 is 0 Å². The van der Waals surface area contributed by atoms with Gasteiger partial charge >= 0.3 is 0 Å². The van der Waals surface area contributed by atoms with Crippen LogP contribution in [-0.2, 0) is 16.9 Å². The lowest BCUT2D eigenvalue weighted by Gasteiger charge is -2.14. The average molecular weight is 259 g/mol. The molecule has 0 bridgehead atoms. The van der Waals surface area contributed by atoms with E-state index >= 15 is 0 Å². The summed E-state index contributed by atoms with van der Waals surface area (Å²) in [4.78, 5) is 0. The molecule has 0 saturated carbocycles. The third-order valence-corrected chi connectivity index (χ3v) is 3.88. The molecular weight excluding hydrogens is 248 g/mol. The molecule has 2 heterocycles. The molecule has 2 aromatic rings. The number of halogens is 1. The van der Waals surface area contributed by atoms with Gasteiger partial charge in [-0.1, -0.05) is 35.9 Å². The maximum atomic E-state index is 6.10. The van der Waals surface area contributed by atoms with Gasteiger partial charge in [0.15, 0.2) is 0 Å². The van der Waals surface area contributed by atoms with Crippen molar-refractivity contribution >= 4 is 11.6 Å². The fraction of sp³-hybridized carbons (Fsp3) is 0.200. The lowest BCUT2D eigenvalue weighted by molar-refractivity contribution is 0.303. The zero-order valence-electron chi connectivity index (χ0n) is 9.65. The van der Waals surface area contributed by atoms with Crippen molar-refractivity contribution in [3.05, 3.63) is 64.2 Å². The van der Waals surface area contributed by atoms with Crippen molar-refractivity contribution in [1.82, 2.24) is 0 Å². The molecule has 2 aliphatic rings. The Bertz CT molecular complexity index is 632. The molecule has 0 radical (unpaired) electrons. The minimum Gasteiger partial charge on any atom is -0.488 e. The van der Waals surface area contributed by atoms with Gasteiger partial charge in [0.25, 0.3) is 0 Å². The molecule has 1 saturated heterocycles. The largest absolute Gasteiger partial charge is 0.488 e. The molecule has 0 amide bonds. The highest BCUT2D eigenvalue weighted by atomic mass is 35.5. The molecule has 2 aliphatic heterocycles. The molecular formula is C15H11ClO2. The molecule has 0 N–H and O–H groups in total. The van der Waals surface area contributed by atoms with Crippen LogP contribution in [0.1, 0.15) is 16.7 Å². The predicted octanol–water partition coefficient (Wildman–Crippen LogP) is 3.51. The van der Waals surface area contributed by atoms with E-state index in [0.717, 1.165) is 11.3 Å². The van der Waals surface area contributed by atoms with Crippen molar-refractivity contribution in [2.45, 2.75) is 12.2 Å². The van der Waals surface area contributed by atoms with E-state index in [0.29, 0.717) is 18.2 Å². The smallest absolute Gasteiger partial charge is 0.146 e. The van der Waals surface area contributed by atoms with Gasteiger partial charge in [0.2, 0.25) is 0 Å². The third-order valence-electron chi connectivity index (χ3n) is 3.65. The number of hydrogen-bond donors (Lipinski definition) is 0. The highest BCUT2D eigenvalue weighted by molar-refractivity contribution is 6.30. The normalized spacial score (nSPS) is 23.8. The molecule has 1 unspecified atom stereocenters. The quantitative estimate of drug-likeness (QED) is 0.675. The van der Waals surface area contributed by atoms with Crippen LogP contribution in [0.25, 0.3) is 0 Å². The minimum absolute atomic E-state index is 0.340. The minimum atomic E-state index is -0.340. The number of fused-ring (bicyclic) bond motifs is 4. The van der Waals surface area contributed by atoms with Crippen molar-refractivity contribution in [2.24, 2.45) is 0 Å². The average Bonchev–Trinajstić information content (AvgIpc) is 3.20. The molecule has 2 nitrogen and oxygen atoms in total. The highest BCUT2D eigenvalue weighted by Gasteiger charge is 2.52. The topological polar surface area (TPSA) is 21.8 Å². The second-order valence-electron chi connectivity index (χ2n) is 4.70. The van der Waals surface area contributed by atoms with Gasteiger partial charge in [-0.15, -0.1) is 0 Å². The Labute approximate surface area is 110 Å². The lowest BCUT2D eigenvalue weighted by atomic mass is 9.89. The van der Waals surface area contributed by atoms with Crippen LogP contribution < -0.4 is 4.74 Å². The van der Waals surface area contributed by atoms with Crippen LogP contribution in [0.2, 0.25) is 5.02 Å². The van der Waals surface area contributed by atoms with E-state index in [-0.39, 0.29) is 5.60 Å². The summed E-state index contributed by atoms with van der Waals surface area (Å²) in [5, 5.41) is 0.714. The zero-order valence-corrected chi connectivity index (χ0v) is 10.4. The second kappa shape index (κ2) is 3.50. The molecule has 18 heavy (non-hydrogen) atoms. The fourth-order valence-corrected chi connectivity index (χ4v) is 2.84. The number of ether oxygens (including phenoxy) is 2.